The summed E-state index contributed by atoms with van der Waals surface area (Å²) in [5.74, 6) is -1.47. The van der Waals surface area contributed by atoms with Crippen LogP contribution in [0.15, 0.2) is 72.9 Å². The van der Waals surface area contributed by atoms with Gasteiger partial charge in [-0.3, -0.25) is 14.6 Å². The standard InChI is InChI=1S/C28H28ClN3O6/c1-37-21-10-8-18(9-11-21)17-38-22-15-25(28(35)36)32(16-22)27(34)24(14-19-5-4-6-20(29)13-19)31-26(33)23-7-2-3-12-30-23/h2-13,22,24-25H,14-17H2,1H3,(H,31,33)(H,35,36)/t22-,24?,25+/m1/s1. The molecule has 0 spiro atoms. The van der Waals surface area contributed by atoms with Crippen molar-refractivity contribution in [3.05, 3.63) is 94.8 Å². The van der Waals surface area contributed by atoms with Gasteiger partial charge in [0.2, 0.25) is 5.91 Å². The number of halogens is 1. The van der Waals surface area contributed by atoms with Gasteiger partial charge in [-0.15, -0.1) is 0 Å². The number of carboxylic acids is 1. The molecule has 0 bridgehead atoms. The quantitative estimate of drug-likeness (QED) is 0.407. The third-order valence-corrected chi connectivity index (χ3v) is 6.54. The molecule has 10 heteroatoms. The van der Waals surface area contributed by atoms with Crippen molar-refractivity contribution < 1.29 is 29.0 Å². The number of pyridine rings is 1. The molecular weight excluding hydrogens is 510 g/mol. The molecule has 1 unspecified atom stereocenters. The lowest BCUT2D eigenvalue weighted by Crippen LogP contribution is -2.52. The summed E-state index contributed by atoms with van der Waals surface area (Å²) in [6.07, 6.45) is 1.25. The van der Waals surface area contributed by atoms with Crippen LogP contribution in [-0.4, -0.2) is 64.6 Å². The zero-order chi connectivity index (χ0) is 27.1. The van der Waals surface area contributed by atoms with E-state index in [2.05, 4.69) is 10.3 Å². The predicted octanol–water partition coefficient (Wildman–Crippen LogP) is 3.36. The van der Waals surface area contributed by atoms with Crippen LogP contribution in [0.5, 0.6) is 5.75 Å². The van der Waals surface area contributed by atoms with Crippen molar-refractivity contribution in [1.29, 1.82) is 0 Å². The maximum absolute atomic E-state index is 13.7. The summed E-state index contributed by atoms with van der Waals surface area (Å²) in [5.41, 5.74) is 1.76. The van der Waals surface area contributed by atoms with E-state index >= 15 is 0 Å². The summed E-state index contributed by atoms with van der Waals surface area (Å²) in [4.78, 5) is 44.0. The smallest absolute Gasteiger partial charge is 0.326 e. The minimum absolute atomic E-state index is 0.0808. The Morgan fingerprint density at radius 1 is 1.11 bits per heavy atom. The number of methoxy groups -OCH3 is 1. The number of hydrogen-bond donors (Lipinski definition) is 2. The predicted molar refractivity (Wildman–Crippen MR) is 140 cm³/mol. The van der Waals surface area contributed by atoms with Gasteiger partial charge in [-0.2, -0.15) is 0 Å². The second-order valence-corrected chi connectivity index (χ2v) is 9.37. The average Bonchev–Trinajstić information content (AvgIpc) is 3.37. The number of amides is 2. The van der Waals surface area contributed by atoms with E-state index in [1.165, 1.54) is 17.2 Å². The largest absolute Gasteiger partial charge is 0.497 e. The fraction of sp³-hybridized carbons (Fsp3) is 0.286. The van der Waals surface area contributed by atoms with Gasteiger partial charge in [-0.1, -0.05) is 41.9 Å². The van der Waals surface area contributed by atoms with Gasteiger partial charge >= 0.3 is 5.97 Å². The van der Waals surface area contributed by atoms with E-state index in [9.17, 15) is 19.5 Å². The fourth-order valence-electron chi connectivity index (χ4n) is 4.36. The Morgan fingerprint density at radius 3 is 2.55 bits per heavy atom. The Morgan fingerprint density at radius 2 is 1.89 bits per heavy atom. The third kappa shape index (κ3) is 6.87. The van der Waals surface area contributed by atoms with Crippen LogP contribution < -0.4 is 10.1 Å². The molecule has 3 atom stereocenters. The Labute approximate surface area is 225 Å². The molecule has 38 heavy (non-hydrogen) atoms. The number of nitrogens with zero attached hydrogens (tertiary/aromatic N) is 2. The molecule has 0 radical (unpaired) electrons. The lowest BCUT2D eigenvalue weighted by atomic mass is 10.0. The van der Waals surface area contributed by atoms with Crippen LogP contribution in [-0.2, 0) is 27.4 Å². The zero-order valence-electron chi connectivity index (χ0n) is 20.7. The van der Waals surface area contributed by atoms with Gasteiger partial charge in [0, 0.05) is 30.6 Å². The van der Waals surface area contributed by atoms with E-state index < -0.39 is 36.0 Å². The van der Waals surface area contributed by atoms with Crippen LogP contribution in [0.25, 0.3) is 0 Å². The van der Waals surface area contributed by atoms with Gasteiger partial charge in [-0.05, 0) is 47.5 Å². The minimum atomic E-state index is -1.13. The van der Waals surface area contributed by atoms with Crippen LogP contribution in [0.3, 0.4) is 0 Å². The highest BCUT2D eigenvalue weighted by Gasteiger charge is 2.42. The van der Waals surface area contributed by atoms with Crippen molar-refractivity contribution in [2.24, 2.45) is 0 Å². The van der Waals surface area contributed by atoms with E-state index in [1.54, 1.807) is 43.5 Å². The lowest BCUT2D eigenvalue weighted by molar-refractivity contribution is -0.148. The molecule has 1 aliphatic heterocycles. The van der Waals surface area contributed by atoms with Gasteiger partial charge in [0.25, 0.3) is 5.91 Å². The summed E-state index contributed by atoms with van der Waals surface area (Å²) < 4.78 is 11.1. The summed E-state index contributed by atoms with van der Waals surface area (Å²) >= 11 is 6.13. The number of carboxylic acid groups (broad SMARTS) is 1. The highest BCUT2D eigenvalue weighted by atomic mass is 35.5. The third-order valence-electron chi connectivity index (χ3n) is 6.31. The monoisotopic (exact) mass is 537 g/mol. The molecule has 4 rings (SSSR count). The Kier molecular flexibility index (Phi) is 8.93. The van der Waals surface area contributed by atoms with Crippen molar-refractivity contribution in [1.82, 2.24) is 15.2 Å². The van der Waals surface area contributed by atoms with E-state index in [0.29, 0.717) is 5.02 Å². The highest BCUT2D eigenvalue weighted by Crippen LogP contribution is 2.24. The number of carbonyl (C=O) groups excluding carboxylic acids is 2. The maximum Gasteiger partial charge on any atom is 0.326 e. The summed E-state index contributed by atoms with van der Waals surface area (Å²) in [6.45, 7) is 0.336. The van der Waals surface area contributed by atoms with Crippen LogP contribution in [0, 0.1) is 0 Å². The van der Waals surface area contributed by atoms with Crippen LogP contribution >= 0.6 is 11.6 Å². The van der Waals surface area contributed by atoms with Crippen LogP contribution in [0.2, 0.25) is 5.02 Å². The minimum Gasteiger partial charge on any atom is -0.497 e. The molecule has 9 nitrogen and oxygen atoms in total. The van der Waals surface area contributed by atoms with Crippen LogP contribution in [0.1, 0.15) is 28.0 Å². The fourth-order valence-corrected chi connectivity index (χ4v) is 4.57. The second-order valence-electron chi connectivity index (χ2n) is 8.94. The molecule has 0 aliphatic carbocycles. The number of rotatable bonds is 10. The van der Waals surface area contributed by atoms with Gasteiger partial charge < -0.3 is 24.8 Å². The van der Waals surface area contributed by atoms with E-state index in [4.69, 9.17) is 21.1 Å². The number of benzene rings is 2. The zero-order valence-corrected chi connectivity index (χ0v) is 21.5. The molecule has 1 aromatic heterocycles. The summed E-state index contributed by atoms with van der Waals surface area (Å²) in [7, 11) is 1.58. The Bertz CT molecular complexity index is 1270. The number of aromatic nitrogens is 1. The number of carbonyl (C=O) groups is 3. The summed E-state index contributed by atoms with van der Waals surface area (Å²) in [6, 6.07) is 17.1. The Balaban J connectivity index is 1.50. The van der Waals surface area contributed by atoms with E-state index in [0.717, 1.165) is 16.9 Å². The van der Waals surface area contributed by atoms with Crippen molar-refractivity contribution in [3.8, 4) is 5.75 Å². The Hall–Kier alpha value is -3.95. The van der Waals surface area contributed by atoms with E-state index in [-0.39, 0.29) is 31.7 Å². The molecular formula is C28H28ClN3O6. The van der Waals surface area contributed by atoms with E-state index in [1.807, 2.05) is 24.3 Å². The topological polar surface area (TPSA) is 118 Å². The average molecular weight is 538 g/mol. The molecule has 1 aliphatic rings. The molecule has 3 aromatic rings. The van der Waals surface area contributed by atoms with Crippen molar-refractivity contribution in [2.45, 2.75) is 37.6 Å². The van der Waals surface area contributed by atoms with Crippen molar-refractivity contribution in [3.63, 3.8) is 0 Å². The first-order chi connectivity index (χ1) is 18.3. The number of nitrogens with one attached hydrogen (secondary N) is 1. The molecule has 198 valence electrons. The molecule has 1 saturated heterocycles. The van der Waals surface area contributed by atoms with Crippen LogP contribution in [0.4, 0.5) is 0 Å². The molecule has 2 heterocycles. The first-order valence-corrected chi connectivity index (χ1v) is 12.5. The number of ether oxygens (including phenoxy) is 2. The number of likely N-dealkylation sites (tertiary alicyclic amines) is 1. The molecule has 2 N–H and O–H groups in total. The van der Waals surface area contributed by atoms with Crippen molar-refractivity contribution in [2.75, 3.05) is 13.7 Å². The molecule has 2 aromatic carbocycles. The SMILES string of the molecule is COc1ccc(CO[C@@H]2C[C@@H](C(=O)O)N(C(=O)C(Cc3cccc(Cl)c3)NC(=O)c3ccccn3)C2)cc1. The molecule has 1 fully saturated rings. The normalized spacial score (nSPS) is 17.6. The highest BCUT2D eigenvalue weighted by molar-refractivity contribution is 6.30. The first kappa shape index (κ1) is 27.1. The van der Waals surface area contributed by atoms with Gasteiger partial charge in [0.15, 0.2) is 0 Å². The van der Waals surface area contributed by atoms with Crippen molar-refractivity contribution >= 4 is 29.4 Å². The number of aliphatic carboxylic acids is 1. The van der Waals surface area contributed by atoms with Gasteiger partial charge in [0.1, 0.15) is 23.5 Å². The van der Waals surface area contributed by atoms with Gasteiger partial charge in [0.05, 0.1) is 19.8 Å². The van der Waals surface area contributed by atoms with Gasteiger partial charge in [-0.25, -0.2) is 4.79 Å². The number of hydrogen-bond acceptors (Lipinski definition) is 6. The second kappa shape index (κ2) is 12.5. The molecule has 0 saturated carbocycles. The lowest BCUT2D eigenvalue weighted by Gasteiger charge is -2.27. The maximum atomic E-state index is 13.7. The summed E-state index contributed by atoms with van der Waals surface area (Å²) in [5, 5.41) is 13.1. The molecule has 2 amide bonds. The first-order valence-electron chi connectivity index (χ1n) is 12.1.